The topological polar surface area (TPSA) is 3.24 Å². The van der Waals surface area contributed by atoms with Crippen LogP contribution in [0.3, 0.4) is 0 Å². The molecule has 2 aromatic carbocycles. The van der Waals surface area contributed by atoms with E-state index < -0.39 is 0 Å². The minimum absolute atomic E-state index is 0.0622. The highest BCUT2D eigenvalue weighted by Gasteiger charge is 2.48. The van der Waals surface area contributed by atoms with E-state index in [0.717, 1.165) is 32.4 Å². The highest BCUT2D eigenvalue weighted by molar-refractivity contribution is 5.40. The Kier molecular flexibility index (Phi) is 4.15. The molecule has 0 saturated carbocycles. The van der Waals surface area contributed by atoms with Gasteiger partial charge in [0.15, 0.2) is 0 Å². The van der Waals surface area contributed by atoms with Gasteiger partial charge in [-0.25, -0.2) is 8.78 Å². The molecule has 0 aromatic heterocycles. The summed E-state index contributed by atoms with van der Waals surface area (Å²) in [6, 6.07) is 12.7. The second kappa shape index (κ2) is 6.21. The van der Waals surface area contributed by atoms with Crippen molar-refractivity contribution in [3.63, 3.8) is 0 Å². The van der Waals surface area contributed by atoms with E-state index in [9.17, 15) is 8.78 Å². The first-order valence-electron chi connectivity index (χ1n) is 9.25. The number of likely N-dealkylation sites (tertiary alicyclic amines) is 1. The number of nitrogens with zero attached hydrogens (tertiary/aromatic N) is 1. The molecule has 0 spiro atoms. The molecular weight excluding hydrogens is 316 g/mol. The molecule has 2 unspecified atom stereocenters. The fourth-order valence-electron chi connectivity index (χ4n) is 4.88. The maximum absolute atomic E-state index is 13.8. The summed E-state index contributed by atoms with van der Waals surface area (Å²) >= 11 is 0. The Labute approximate surface area is 148 Å². The number of benzene rings is 2. The van der Waals surface area contributed by atoms with Crippen LogP contribution in [0.4, 0.5) is 8.78 Å². The van der Waals surface area contributed by atoms with Crippen LogP contribution in [0.2, 0.25) is 0 Å². The van der Waals surface area contributed by atoms with Crippen LogP contribution in [-0.2, 0) is 18.3 Å². The summed E-state index contributed by atoms with van der Waals surface area (Å²) in [5.74, 6) is 0.204. The molecule has 1 nitrogen and oxygen atoms in total. The molecule has 1 saturated heterocycles. The number of rotatable bonds is 3. The highest BCUT2D eigenvalue weighted by atomic mass is 19.1. The van der Waals surface area contributed by atoms with Gasteiger partial charge in [0, 0.05) is 12.6 Å². The van der Waals surface area contributed by atoms with Crippen LogP contribution in [-0.4, -0.2) is 24.0 Å². The quantitative estimate of drug-likeness (QED) is 0.780. The van der Waals surface area contributed by atoms with E-state index in [-0.39, 0.29) is 17.0 Å². The average molecular weight is 341 g/mol. The van der Waals surface area contributed by atoms with E-state index in [1.54, 1.807) is 12.1 Å². The molecule has 1 aliphatic carbocycles. The van der Waals surface area contributed by atoms with E-state index in [0.29, 0.717) is 12.0 Å². The molecule has 3 heteroatoms. The number of piperidine rings is 1. The predicted molar refractivity (Wildman–Crippen MR) is 96.7 cm³/mol. The van der Waals surface area contributed by atoms with Crippen molar-refractivity contribution in [1.82, 2.24) is 4.90 Å². The van der Waals surface area contributed by atoms with E-state index in [4.69, 9.17) is 0 Å². The molecule has 132 valence electrons. The van der Waals surface area contributed by atoms with Gasteiger partial charge >= 0.3 is 0 Å². The second-order valence-corrected chi connectivity index (χ2v) is 7.94. The molecule has 3 atom stereocenters. The average Bonchev–Trinajstić information content (AvgIpc) is 2.60. The first-order chi connectivity index (χ1) is 12.0. The van der Waals surface area contributed by atoms with E-state index in [1.807, 2.05) is 18.2 Å². The number of hydrogen-bond donors (Lipinski definition) is 0. The van der Waals surface area contributed by atoms with E-state index in [2.05, 4.69) is 18.7 Å². The Hall–Kier alpha value is -1.74. The number of hydrogen-bond acceptors (Lipinski definition) is 1. The third-order valence-corrected chi connectivity index (χ3v) is 6.69. The van der Waals surface area contributed by atoms with Crippen molar-refractivity contribution >= 4 is 0 Å². The van der Waals surface area contributed by atoms with Gasteiger partial charge in [0.25, 0.3) is 0 Å². The van der Waals surface area contributed by atoms with Crippen molar-refractivity contribution in [3.8, 4) is 0 Å². The summed E-state index contributed by atoms with van der Waals surface area (Å²) in [6.45, 7) is 6.66. The monoisotopic (exact) mass is 341 g/mol. The Bertz CT molecular complexity index is 770. The Morgan fingerprint density at radius 1 is 1.08 bits per heavy atom. The van der Waals surface area contributed by atoms with E-state index in [1.165, 1.54) is 28.8 Å². The van der Waals surface area contributed by atoms with Crippen molar-refractivity contribution in [2.24, 2.45) is 5.92 Å². The molecular formula is C22H25F2N. The van der Waals surface area contributed by atoms with Gasteiger partial charge in [0.05, 0.1) is 0 Å². The zero-order valence-electron chi connectivity index (χ0n) is 14.9. The zero-order chi connectivity index (χ0) is 17.6. The summed E-state index contributed by atoms with van der Waals surface area (Å²) in [5, 5.41) is 0. The first kappa shape index (κ1) is 16.7. The summed E-state index contributed by atoms with van der Waals surface area (Å²) in [6.07, 6.45) is 3.00. The van der Waals surface area contributed by atoms with Crippen molar-refractivity contribution in [3.05, 3.63) is 70.8 Å². The smallest absolute Gasteiger partial charge is 0.123 e. The molecule has 4 rings (SSSR count). The van der Waals surface area contributed by atoms with Crippen LogP contribution in [0.25, 0.3) is 0 Å². The van der Waals surface area contributed by atoms with Crippen LogP contribution in [0.1, 0.15) is 37.0 Å². The maximum Gasteiger partial charge on any atom is 0.123 e. The lowest BCUT2D eigenvalue weighted by atomic mass is 9.59. The molecule has 0 amide bonds. The van der Waals surface area contributed by atoms with Crippen molar-refractivity contribution in [2.75, 3.05) is 13.1 Å². The van der Waals surface area contributed by atoms with Gasteiger partial charge in [-0.1, -0.05) is 32.0 Å². The normalized spacial score (nSPS) is 28.6. The van der Waals surface area contributed by atoms with Crippen LogP contribution < -0.4 is 0 Å². The predicted octanol–water partition coefficient (Wildman–Crippen LogP) is 4.73. The van der Waals surface area contributed by atoms with Gasteiger partial charge in [0.1, 0.15) is 11.6 Å². The van der Waals surface area contributed by atoms with Gasteiger partial charge in [-0.3, -0.25) is 4.90 Å². The summed E-state index contributed by atoms with van der Waals surface area (Å²) in [4.78, 5) is 2.59. The SMILES string of the molecule is CC1C2Cc3ccc(F)cc3[C@]1(C)CCN2CCc1ccc(F)cc1. The molecule has 1 heterocycles. The lowest BCUT2D eigenvalue weighted by molar-refractivity contribution is 0.0321. The summed E-state index contributed by atoms with van der Waals surface area (Å²) in [7, 11) is 0. The first-order valence-corrected chi connectivity index (χ1v) is 9.25. The second-order valence-electron chi connectivity index (χ2n) is 7.94. The Balaban J connectivity index is 1.55. The Morgan fingerprint density at radius 3 is 2.56 bits per heavy atom. The van der Waals surface area contributed by atoms with Gasteiger partial charge in [-0.15, -0.1) is 0 Å². The molecule has 25 heavy (non-hydrogen) atoms. The maximum atomic E-state index is 13.8. The zero-order valence-corrected chi connectivity index (χ0v) is 14.9. The van der Waals surface area contributed by atoms with Crippen LogP contribution in [0, 0.1) is 17.6 Å². The van der Waals surface area contributed by atoms with Crippen molar-refractivity contribution in [2.45, 2.75) is 44.6 Å². The lowest BCUT2D eigenvalue weighted by Crippen LogP contribution is -2.58. The summed E-state index contributed by atoms with van der Waals surface area (Å²) in [5.41, 5.74) is 3.76. The standard InChI is InChI=1S/C22H25F2N/c1-15-21-13-17-5-8-19(24)14-20(17)22(15,2)10-12-25(21)11-9-16-3-6-18(23)7-4-16/h3-8,14-15,21H,9-13H2,1-2H3/t15?,21?,22-/m1/s1. The molecule has 0 radical (unpaired) electrons. The number of halogens is 2. The van der Waals surface area contributed by atoms with Gasteiger partial charge in [-0.2, -0.15) is 0 Å². The Morgan fingerprint density at radius 2 is 1.80 bits per heavy atom. The fraction of sp³-hybridized carbons (Fsp3) is 0.455. The number of fused-ring (bicyclic) bond motifs is 4. The molecule has 2 aliphatic rings. The third-order valence-electron chi connectivity index (χ3n) is 6.69. The van der Waals surface area contributed by atoms with Crippen molar-refractivity contribution in [1.29, 1.82) is 0 Å². The van der Waals surface area contributed by atoms with E-state index >= 15 is 0 Å². The summed E-state index contributed by atoms with van der Waals surface area (Å²) < 4.78 is 26.9. The third kappa shape index (κ3) is 2.89. The van der Waals surface area contributed by atoms with Gasteiger partial charge in [-0.05, 0) is 78.1 Å². The van der Waals surface area contributed by atoms with Crippen LogP contribution in [0.15, 0.2) is 42.5 Å². The molecule has 1 fully saturated rings. The molecule has 0 N–H and O–H groups in total. The van der Waals surface area contributed by atoms with Crippen LogP contribution in [0.5, 0.6) is 0 Å². The lowest BCUT2D eigenvalue weighted by Gasteiger charge is -2.54. The largest absolute Gasteiger partial charge is 0.299 e. The highest BCUT2D eigenvalue weighted by Crippen LogP contribution is 2.48. The van der Waals surface area contributed by atoms with Crippen molar-refractivity contribution < 1.29 is 8.78 Å². The minimum Gasteiger partial charge on any atom is -0.299 e. The van der Waals surface area contributed by atoms with Gasteiger partial charge in [0.2, 0.25) is 0 Å². The molecule has 2 aromatic rings. The fourth-order valence-corrected chi connectivity index (χ4v) is 4.88. The van der Waals surface area contributed by atoms with Gasteiger partial charge < -0.3 is 0 Å². The minimum atomic E-state index is -0.178. The molecule has 2 bridgehead atoms. The van der Waals surface area contributed by atoms with Crippen LogP contribution >= 0.6 is 0 Å². The molecule has 1 aliphatic heterocycles.